The largest absolute Gasteiger partial charge is 0.236 e. The van der Waals surface area contributed by atoms with Gasteiger partial charge in [0.2, 0.25) is 0 Å². The molecule has 0 aliphatic carbocycles. The van der Waals surface area contributed by atoms with Gasteiger partial charge in [0.05, 0.1) is 11.0 Å². The van der Waals surface area contributed by atoms with E-state index in [9.17, 15) is 4.91 Å². The maximum absolute atomic E-state index is 10.7. The summed E-state index contributed by atoms with van der Waals surface area (Å²) in [5, 5.41) is 3.90. The number of fused-ring (bicyclic) bond motifs is 1. The minimum absolute atomic E-state index is 0.259. The average Bonchev–Trinajstić information content (AvgIpc) is 2.78. The molecular weight excluding hydrogens is 216 g/mol. The highest BCUT2D eigenvalue weighted by Crippen LogP contribution is 2.40. The summed E-state index contributed by atoms with van der Waals surface area (Å²) in [6, 6.07) is 17.3. The van der Waals surface area contributed by atoms with Gasteiger partial charge in [0, 0.05) is 5.56 Å². The van der Waals surface area contributed by atoms with Crippen LogP contribution in [0.4, 0.5) is 5.69 Å². The Bertz CT molecular complexity index is 542. The zero-order valence-electron chi connectivity index (χ0n) is 8.98. The van der Waals surface area contributed by atoms with E-state index in [0.29, 0.717) is 5.69 Å². The zero-order valence-corrected chi connectivity index (χ0v) is 8.98. The molecular formula is C13H10N2O2. The lowest BCUT2D eigenvalue weighted by atomic mass is 10.0. The minimum Gasteiger partial charge on any atom is -0.236 e. The van der Waals surface area contributed by atoms with E-state index in [2.05, 4.69) is 5.29 Å². The smallest absolute Gasteiger partial charge is 0.140 e. The molecule has 0 fully saturated rings. The lowest BCUT2D eigenvalue weighted by molar-refractivity contribution is 0.0802. The maximum atomic E-state index is 10.7. The Morgan fingerprint density at radius 1 is 1.00 bits per heavy atom. The van der Waals surface area contributed by atoms with Gasteiger partial charge in [0.1, 0.15) is 6.10 Å². The van der Waals surface area contributed by atoms with Gasteiger partial charge in [-0.05, 0) is 11.6 Å². The fourth-order valence-corrected chi connectivity index (χ4v) is 2.03. The van der Waals surface area contributed by atoms with Gasteiger partial charge in [-0.1, -0.05) is 48.5 Å². The van der Waals surface area contributed by atoms with Gasteiger partial charge in [-0.15, -0.1) is 10.1 Å². The Hall–Kier alpha value is -2.20. The summed E-state index contributed by atoms with van der Waals surface area (Å²) in [6.45, 7) is 0. The molecule has 0 N–H and O–H groups in total. The highest BCUT2D eigenvalue weighted by atomic mass is 16.7. The monoisotopic (exact) mass is 226 g/mol. The average molecular weight is 226 g/mol. The molecule has 0 saturated carbocycles. The molecule has 4 heteroatoms. The molecule has 1 aliphatic rings. The number of hydrogen-bond acceptors (Lipinski definition) is 3. The molecule has 1 aliphatic heterocycles. The van der Waals surface area contributed by atoms with Gasteiger partial charge in [-0.25, -0.2) is 4.84 Å². The Balaban J connectivity index is 2.08. The first-order valence-electron chi connectivity index (χ1n) is 5.34. The summed E-state index contributed by atoms with van der Waals surface area (Å²) in [6.07, 6.45) is -0.259. The van der Waals surface area contributed by atoms with Crippen molar-refractivity contribution in [2.24, 2.45) is 5.29 Å². The van der Waals surface area contributed by atoms with Gasteiger partial charge >= 0.3 is 0 Å². The predicted molar refractivity (Wildman–Crippen MR) is 64.1 cm³/mol. The zero-order chi connectivity index (χ0) is 11.7. The van der Waals surface area contributed by atoms with Crippen LogP contribution in [0.3, 0.4) is 0 Å². The molecule has 0 radical (unpaired) electrons. The molecule has 0 saturated heterocycles. The van der Waals surface area contributed by atoms with Gasteiger partial charge in [-0.3, -0.25) is 0 Å². The van der Waals surface area contributed by atoms with E-state index in [0.717, 1.165) is 16.3 Å². The number of nitroso groups, excluding NO2 is 1. The third-order valence-corrected chi connectivity index (χ3v) is 2.81. The Morgan fingerprint density at radius 2 is 1.71 bits per heavy atom. The molecule has 0 aromatic heterocycles. The SMILES string of the molecule is O=NN1OC(c2ccccc2)c2ccccc21. The summed E-state index contributed by atoms with van der Waals surface area (Å²) in [5.41, 5.74) is 2.67. The molecule has 1 heterocycles. The van der Waals surface area contributed by atoms with Crippen LogP contribution in [-0.2, 0) is 4.84 Å². The molecule has 0 bridgehead atoms. The molecule has 2 aromatic carbocycles. The van der Waals surface area contributed by atoms with Crippen LogP contribution in [0.5, 0.6) is 0 Å². The van der Waals surface area contributed by atoms with E-state index in [1.165, 1.54) is 0 Å². The van der Waals surface area contributed by atoms with Crippen molar-refractivity contribution in [3.63, 3.8) is 0 Å². The van der Waals surface area contributed by atoms with Crippen LogP contribution in [0.15, 0.2) is 59.9 Å². The number of benzene rings is 2. The van der Waals surface area contributed by atoms with Crippen molar-refractivity contribution in [2.45, 2.75) is 6.10 Å². The number of anilines is 1. The molecule has 17 heavy (non-hydrogen) atoms. The maximum Gasteiger partial charge on any atom is 0.140 e. The summed E-state index contributed by atoms with van der Waals surface area (Å²) in [7, 11) is 0. The second kappa shape index (κ2) is 3.99. The van der Waals surface area contributed by atoms with E-state index >= 15 is 0 Å². The van der Waals surface area contributed by atoms with Crippen LogP contribution in [0, 0.1) is 4.91 Å². The van der Waals surface area contributed by atoms with Crippen LogP contribution >= 0.6 is 0 Å². The third-order valence-electron chi connectivity index (χ3n) is 2.81. The highest BCUT2D eigenvalue weighted by molar-refractivity contribution is 5.57. The van der Waals surface area contributed by atoms with Crippen LogP contribution < -0.4 is 5.17 Å². The molecule has 3 rings (SSSR count). The van der Waals surface area contributed by atoms with Crippen LogP contribution in [-0.4, -0.2) is 0 Å². The van der Waals surface area contributed by atoms with Crippen LogP contribution in [0.1, 0.15) is 17.2 Å². The van der Waals surface area contributed by atoms with Gasteiger partial charge < -0.3 is 0 Å². The third kappa shape index (κ3) is 1.59. The van der Waals surface area contributed by atoms with Crippen LogP contribution in [0.25, 0.3) is 0 Å². The molecule has 0 amide bonds. The molecule has 1 unspecified atom stereocenters. The van der Waals surface area contributed by atoms with E-state index in [1.54, 1.807) is 0 Å². The Morgan fingerprint density at radius 3 is 2.47 bits per heavy atom. The van der Waals surface area contributed by atoms with Crippen LogP contribution in [0.2, 0.25) is 0 Å². The van der Waals surface area contributed by atoms with Crippen molar-refractivity contribution in [3.05, 3.63) is 70.6 Å². The molecule has 84 valence electrons. The number of nitrogens with zero attached hydrogens (tertiary/aromatic N) is 2. The van der Waals surface area contributed by atoms with Crippen molar-refractivity contribution in [1.29, 1.82) is 0 Å². The first kappa shape index (κ1) is 9.99. The van der Waals surface area contributed by atoms with Crippen molar-refractivity contribution in [2.75, 3.05) is 5.17 Å². The van der Waals surface area contributed by atoms with E-state index in [1.807, 2.05) is 54.6 Å². The lowest BCUT2D eigenvalue weighted by Crippen LogP contribution is -2.10. The summed E-state index contributed by atoms with van der Waals surface area (Å²) in [5.74, 6) is 0. The standard InChI is InChI=1S/C13H10N2O2/c16-14-15-12-9-5-4-8-11(12)13(17-15)10-6-2-1-3-7-10/h1-9,13H. The Labute approximate surface area is 98.3 Å². The van der Waals surface area contributed by atoms with E-state index < -0.39 is 0 Å². The van der Waals surface area contributed by atoms with Gasteiger partial charge in [-0.2, -0.15) is 0 Å². The van der Waals surface area contributed by atoms with E-state index in [4.69, 9.17) is 4.84 Å². The fraction of sp³-hybridized carbons (Fsp3) is 0.0769. The minimum atomic E-state index is -0.259. The van der Waals surface area contributed by atoms with Gasteiger partial charge in [0.25, 0.3) is 0 Å². The molecule has 4 nitrogen and oxygen atoms in total. The van der Waals surface area contributed by atoms with Crippen molar-refractivity contribution < 1.29 is 4.84 Å². The van der Waals surface area contributed by atoms with Crippen molar-refractivity contribution in [1.82, 2.24) is 0 Å². The predicted octanol–water partition coefficient (Wildman–Crippen LogP) is 3.21. The Kier molecular flexibility index (Phi) is 2.34. The summed E-state index contributed by atoms with van der Waals surface area (Å²) in [4.78, 5) is 16.2. The molecule has 2 aromatic rings. The summed E-state index contributed by atoms with van der Waals surface area (Å²) < 4.78 is 0. The number of para-hydroxylation sites is 1. The topological polar surface area (TPSA) is 41.9 Å². The summed E-state index contributed by atoms with van der Waals surface area (Å²) >= 11 is 0. The molecule has 1 atom stereocenters. The first-order valence-corrected chi connectivity index (χ1v) is 5.34. The van der Waals surface area contributed by atoms with Crippen molar-refractivity contribution >= 4 is 5.69 Å². The number of hydrogen-bond donors (Lipinski definition) is 0. The highest BCUT2D eigenvalue weighted by Gasteiger charge is 2.31. The normalized spacial score (nSPS) is 17.9. The first-order chi connectivity index (χ1) is 8.40. The fourth-order valence-electron chi connectivity index (χ4n) is 2.03. The second-order valence-electron chi connectivity index (χ2n) is 3.81. The van der Waals surface area contributed by atoms with Gasteiger partial charge in [0.15, 0.2) is 0 Å². The van der Waals surface area contributed by atoms with E-state index in [-0.39, 0.29) is 6.10 Å². The lowest BCUT2D eigenvalue weighted by Gasteiger charge is -2.10. The van der Waals surface area contributed by atoms with Crippen molar-refractivity contribution in [3.8, 4) is 0 Å². The quantitative estimate of drug-likeness (QED) is 0.738. The second-order valence-corrected chi connectivity index (χ2v) is 3.81. The number of rotatable bonds is 2. The molecule has 0 spiro atoms.